The normalized spacial score (nSPS) is 11.1. The molecule has 152 valence electrons. The molecule has 0 spiro atoms. The Hall–Kier alpha value is -3.18. The van der Waals surface area contributed by atoms with Gasteiger partial charge in [-0.2, -0.15) is 5.10 Å². The summed E-state index contributed by atoms with van der Waals surface area (Å²) < 4.78 is 1.77. The minimum atomic E-state index is -0.176. The fourth-order valence-corrected chi connectivity index (χ4v) is 3.83. The van der Waals surface area contributed by atoms with E-state index in [4.69, 9.17) is 21.7 Å². The number of amides is 1. The summed E-state index contributed by atoms with van der Waals surface area (Å²) in [4.78, 5) is 18.0. The molecule has 0 fully saturated rings. The first-order valence-electron chi connectivity index (χ1n) is 9.78. The molecule has 2 heterocycles. The molecule has 5 nitrogen and oxygen atoms in total. The van der Waals surface area contributed by atoms with Gasteiger partial charge < -0.3 is 5.32 Å². The molecule has 4 rings (SSSR count). The average molecular weight is 419 g/mol. The van der Waals surface area contributed by atoms with Gasteiger partial charge in [-0.15, -0.1) is 0 Å². The Morgan fingerprint density at radius 3 is 2.50 bits per heavy atom. The SMILES string of the molecule is Cc1cc(C(=O)Nc2cccc(C)c2C)c2c(C)nn(-c3cccc(Cl)c3C)c2n1. The van der Waals surface area contributed by atoms with Gasteiger partial charge in [0.05, 0.1) is 22.3 Å². The van der Waals surface area contributed by atoms with Gasteiger partial charge in [0.2, 0.25) is 0 Å². The highest BCUT2D eigenvalue weighted by molar-refractivity contribution is 6.31. The quantitative estimate of drug-likeness (QED) is 0.452. The Morgan fingerprint density at radius 2 is 1.73 bits per heavy atom. The third kappa shape index (κ3) is 3.35. The van der Waals surface area contributed by atoms with Crippen LogP contribution < -0.4 is 5.32 Å². The van der Waals surface area contributed by atoms with E-state index in [2.05, 4.69) is 5.32 Å². The predicted molar refractivity (Wildman–Crippen MR) is 122 cm³/mol. The van der Waals surface area contributed by atoms with Crippen LogP contribution in [0.2, 0.25) is 5.02 Å². The number of aryl methyl sites for hydroxylation is 3. The van der Waals surface area contributed by atoms with Crippen LogP contribution in [0.15, 0.2) is 42.5 Å². The van der Waals surface area contributed by atoms with Crippen LogP contribution in [0.5, 0.6) is 0 Å². The van der Waals surface area contributed by atoms with Crippen molar-refractivity contribution in [2.45, 2.75) is 34.6 Å². The van der Waals surface area contributed by atoms with Crippen LogP contribution in [0, 0.1) is 34.6 Å². The minimum absolute atomic E-state index is 0.176. The van der Waals surface area contributed by atoms with Gasteiger partial charge in [-0.05, 0) is 75.6 Å². The number of hydrogen-bond acceptors (Lipinski definition) is 3. The van der Waals surface area contributed by atoms with Crippen molar-refractivity contribution in [3.8, 4) is 5.69 Å². The van der Waals surface area contributed by atoms with E-state index >= 15 is 0 Å². The summed E-state index contributed by atoms with van der Waals surface area (Å²) in [6, 6.07) is 13.4. The van der Waals surface area contributed by atoms with Gasteiger partial charge in [0.1, 0.15) is 0 Å². The number of nitrogens with one attached hydrogen (secondary N) is 1. The summed E-state index contributed by atoms with van der Waals surface area (Å²) in [6.45, 7) is 9.76. The summed E-state index contributed by atoms with van der Waals surface area (Å²) >= 11 is 6.33. The second-order valence-electron chi connectivity index (χ2n) is 7.59. The highest BCUT2D eigenvalue weighted by atomic mass is 35.5. The molecule has 0 atom stereocenters. The van der Waals surface area contributed by atoms with E-state index in [1.54, 1.807) is 4.68 Å². The minimum Gasteiger partial charge on any atom is -0.322 e. The maximum absolute atomic E-state index is 13.3. The molecule has 0 aliphatic rings. The van der Waals surface area contributed by atoms with E-state index in [9.17, 15) is 4.79 Å². The molecule has 0 saturated heterocycles. The van der Waals surface area contributed by atoms with E-state index in [1.165, 1.54) is 0 Å². The smallest absolute Gasteiger partial charge is 0.256 e. The number of rotatable bonds is 3. The highest BCUT2D eigenvalue weighted by Gasteiger charge is 2.21. The van der Waals surface area contributed by atoms with Crippen molar-refractivity contribution >= 4 is 34.2 Å². The molecule has 0 aliphatic heterocycles. The largest absolute Gasteiger partial charge is 0.322 e. The Balaban J connectivity index is 1.88. The zero-order chi connectivity index (χ0) is 21.6. The van der Waals surface area contributed by atoms with Crippen LogP contribution in [0.1, 0.15) is 38.4 Å². The Morgan fingerprint density at radius 1 is 1.00 bits per heavy atom. The fourth-order valence-electron chi connectivity index (χ4n) is 3.66. The number of carbonyl (C=O) groups is 1. The lowest BCUT2D eigenvalue weighted by molar-refractivity contribution is 0.102. The van der Waals surface area contributed by atoms with Crippen LogP contribution in [0.4, 0.5) is 5.69 Å². The number of nitrogens with zero attached hydrogens (tertiary/aromatic N) is 3. The summed E-state index contributed by atoms with van der Waals surface area (Å²) in [5.41, 5.74) is 7.42. The van der Waals surface area contributed by atoms with E-state index in [-0.39, 0.29) is 5.91 Å². The lowest BCUT2D eigenvalue weighted by atomic mass is 10.1. The Labute approximate surface area is 180 Å². The number of pyridine rings is 1. The van der Waals surface area contributed by atoms with Gasteiger partial charge in [-0.1, -0.05) is 29.8 Å². The van der Waals surface area contributed by atoms with E-state index in [0.29, 0.717) is 16.2 Å². The number of carbonyl (C=O) groups excluding carboxylic acids is 1. The predicted octanol–water partition coefficient (Wildman–Crippen LogP) is 5.87. The molecule has 0 unspecified atom stereocenters. The monoisotopic (exact) mass is 418 g/mol. The first-order chi connectivity index (χ1) is 14.3. The van der Waals surface area contributed by atoms with Gasteiger partial charge in [-0.3, -0.25) is 4.79 Å². The second-order valence-corrected chi connectivity index (χ2v) is 8.00. The number of benzene rings is 2. The lowest BCUT2D eigenvalue weighted by Crippen LogP contribution is -2.14. The molecule has 0 aliphatic carbocycles. The number of fused-ring (bicyclic) bond motifs is 1. The van der Waals surface area contributed by atoms with Gasteiger partial charge >= 0.3 is 0 Å². The molecule has 4 aromatic rings. The summed E-state index contributed by atoms with van der Waals surface area (Å²) in [5, 5.41) is 9.16. The third-order valence-corrected chi connectivity index (χ3v) is 5.92. The Kier molecular flexibility index (Phi) is 5.08. The van der Waals surface area contributed by atoms with Crippen molar-refractivity contribution in [3.63, 3.8) is 0 Å². The zero-order valence-corrected chi connectivity index (χ0v) is 18.4. The standard InChI is InChI=1S/C24H23ClN4O/c1-13-8-6-10-20(15(13)3)27-24(30)18-12-14(2)26-23-22(18)17(5)28-29(23)21-11-7-9-19(25)16(21)4/h6-12H,1-5H3,(H,27,30). The summed E-state index contributed by atoms with van der Waals surface area (Å²) in [5.74, 6) is -0.176. The molecular weight excluding hydrogens is 396 g/mol. The number of hydrogen-bond donors (Lipinski definition) is 1. The van der Waals surface area contributed by atoms with Crippen LogP contribution in [0.3, 0.4) is 0 Å². The molecule has 0 saturated carbocycles. The average Bonchev–Trinajstić information content (AvgIpc) is 3.03. The number of halogens is 1. The molecule has 6 heteroatoms. The maximum atomic E-state index is 13.3. The van der Waals surface area contributed by atoms with Crippen molar-refractivity contribution in [3.05, 3.63) is 81.1 Å². The fraction of sp³-hybridized carbons (Fsp3) is 0.208. The first kappa shape index (κ1) is 20.1. The van der Waals surface area contributed by atoms with Gasteiger partial charge in [-0.25, -0.2) is 9.67 Å². The van der Waals surface area contributed by atoms with E-state index < -0.39 is 0 Å². The first-order valence-corrected chi connectivity index (χ1v) is 10.2. The zero-order valence-electron chi connectivity index (χ0n) is 17.7. The topological polar surface area (TPSA) is 59.8 Å². The number of anilines is 1. The highest BCUT2D eigenvalue weighted by Crippen LogP contribution is 2.29. The molecule has 1 amide bonds. The molecule has 2 aromatic heterocycles. The van der Waals surface area contributed by atoms with Crippen LogP contribution in [-0.2, 0) is 0 Å². The third-order valence-electron chi connectivity index (χ3n) is 5.51. The van der Waals surface area contributed by atoms with Crippen molar-refractivity contribution < 1.29 is 4.79 Å². The van der Waals surface area contributed by atoms with Gasteiger partial charge in [0.25, 0.3) is 5.91 Å². The second kappa shape index (κ2) is 7.58. The molecular formula is C24H23ClN4O. The van der Waals surface area contributed by atoms with Crippen molar-refractivity contribution in [2.24, 2.45) is 0 Å². The molecule has 1 N–H and O–H groups in total. The molecule has 2 aromatic carbocycles. The van der Waals surface area contributed by atoms with Crippen LogP contribution in [-0.4, -0.2) is 20.7 Å². The maximum Gasteiger partial charge on any atom is 0.256 e. The summed E-state index contributed by atoms with van der Waals surface area (Å²) in [7, 11) is 0. The van der Waals surface area contributed by atoms with Crippen LogP contribution >= 0.6 is 11.6 Å². The molecule has 30 heavy (non-hydrogen) atoms. The van der Waals surface area contributed by atoms with Gasteiger partial charge in [0.15, 0.2) is 5.65 Å². The van der Waals surface area contributed by atoms with Gasteiger partial charge in [0, 0.05) is 16.4 Å². The molecule has 0 radical (unpaired) electrons. The van der Waals surface area contributed by atoms with E-state index in [1.807, 2.05) is 77.1 Å². The van der Waals surface area contributed by atoms with Crippen LogP contribution in [0.25, 0.3) is 16.7 Å². The Bertz CT molecular complexity index is 1310. The summed E-state index contributed by atoms with van der Waals surface area (Å²) in [6.07, 6.45) is 0. The molecule has 0 bridgehead atoms. The van der Waals surface area contributed by atoms with Crippen molar-refractivity contribution in [1.29, 1.82) is 0 Å². The van der Waals surface area contributed by atoms with E-state index in [0.717, 1.165) is 44.8 Å². The van der Waals surface area contributed by atoms with Crippen molar-refractivity contribution in [1.82, 2.24) is 14.8 Å². The van der Waals surface area contributed by atoms with Crippen molar-refractivity contribution in [2.75, 3.05) is 5.32 Å². The number of aromatic nitrogens is 3. The lowest BCUT2D eigenvalue weighted by Gasteiger charge is -2.12.